The molecule has 0 saturated carbocycles. The molecule has 21 heavy (non-hydrogen) atoms. The van der Waals surface area contributed by atoms with Gasteiger partial charge in [-0.05, 0) is 36.4 Å². The third kappa shape index (κ3) is 3.98. The summed E-state index contributed by atoms with van der Waals surface area (Å²) in [5.41, 5.74) is -0.499. The molecule has 0 aliphatic heterocycles. The van der Waals surface area contributed by atoms with Crippen LogP contribution < -0.4 is 0 Å². The van der Waals surface area contributed by atoms with Crippen molar-refractivity contribution in [2.75, 3.05) is 0 Å². The molecule has 2 rings (SSSR count). The van der Waals surface area contributed by atoms with Crippen LogP contribution in [0.15, 0.2) is 45.9 Å². The third-order valence-corrected chi connectivity index (χ3v) is 3.42. The van der Waals surface area contributed by atoms with Crippen molar-refractivity contribution in [3.63, 3.8) is 0 Å². The summed E-state index contributed by atoms with van der Waals surface area (Å²) in [6, 6.07) is 7.53. The summed E-state index contributed by atoms with van der Waals surface area (Å²) < 4.78 is 38.6. The van der Waals surface area contributed by atoms with Crippen LogP contribution in [-0.4, -0.2) is 11.3 Å². The van der Waals surface area contributed by atoms with Gasteiger partial charge in [0.05, 0.1) is 16.3 Å². The van der Waals surface area contributed by atoms with Gasteiger partial charge in [-0.1, -0.05) is 27.5 Å². The van der Waals surface area contributed by atoms with Crippen molar-refractivity contribution >= 4 is 39.4 Å². The van der Waals surface area contributed by atoms with Gasteiger partial charge < -0.3 is 5.11 Å². The maximum absolute atomic E-state index is 12.6. The van der Waals surface area contributed by atoms with Crippen LogP contribution in [0.25, 0.3) is 0 Å². The summed E-state index contributed by atoms with van der Waals surface area (Å²) in [4.78, 5) is 3.91. The van der Waals surface area contributed by atoms with Crippen LogP contribution in [-0.2, 0) is 6.18 Å². The van der Waals surface area contributed by atoms with Gasteiger partial charge in [0.15, 0.2) is 0 Å². The Hall–Kier alpha value is -1.53. The Labute approximate surface area is 132 Å². The molecule has 0 bridgehead atoms. The van der Waals surface area contributed by atoms with E-state index in [1.54, 1.807) is 12.1 Å². The highest BCUT2D eigenvalue weighted by molar-refractivity contribution is 9.10. The number of aliphatic imine (C=N–C) groups is 1. The molecule has 0 atom stereocenters. The SMILES string of the molecule is Oc1ccc(Br)cc1C=Nc1cc(C(F)(F)F)ccc1Cl. The van der Waals surface area contributed by atoms with Crippen LogP contribution in [0.3, 0.4) is 0 Å². The van der Waals surface area contributed by atoms with E-state index in [1.807, 2.05) is 0 Å². The molecule has 0 radical (unpaired) electrons. The summed E-state index contributed by atoms with van der Waals surface area (Å²) in [6.45, 7) is 0. The molecule has 0 aliphatic carbocycles. The maximum Gasteiger partial charge on any atom is 0.416 e. The lowest BCUT2D eigenvalue weighted by molar-refractivity contribution is -0.137. The maximum atomic E-state index is 12.6. The Kier molecular flexibility index (Phi) is 4.58. The average Bonchev–Trinajstić information content (AvgIpc) is 2.40. The summed E-state index contributed by atoms with van der Waals surface area (Å²) in [5.74, 6) is -0.0370. The van der Waals surface area contributed by atoms with E-state index in [1.165, 1.54) is 12.3 Å². The lowest BCUT2D eigenvalue weighted by Crippen LogP contribution is -2.04. The number of alkyl halides is 3. The standard InChI is InChI=1S/C14H8BrClF3NO/c15-10-2-4-13(21)8(5-10)7-20-12-6-9(14(17,18)19)1-3-11(12)16/h1-7,21H. The fraction of sp³-hybridized carbons (Fsp3) is 0.0714. The average molecular weight is 379 g/mol. The number of hydrogen-bond donors (Lipinski definition) is 1. The molecule has 7 heteroatoms. The van der Waals surface area contributed by atoms with Gasteiger partial charge in [0.1, 0.15) is 5.75 Å². The molecule has 0 aromatic heterocycles. The molecule has 2 aromatic carbocycles. The number of phenolic OH excluding ortho intramolecular Hbond substituents is 1. The molecule has 0 fully saturated rings. The molecule has 2 aromatic rings. The molecule has 0 amide bonds. The number of aromatic hydroxyl groups is 1. The quantitative estimate of drug-likeness (QED) is 0.680. The van der Waals surface area contributed by atoms with Crippen molar-refractivity contribution in [2.24, 2.45) is 4.99 Å². The van der Waals surface area contributed by atoms with E-state index in [4.69, 9.17) is 11.6 Å². The van der Waals surface area contributed by atoms with Crippen molar-refractivity contribution in [1.29, 1.82) is 0 Å². The second-order valence-corrected chi connectivity index (χ2v) is 5.45. The van der Waals surface area contributed by atoms with Gasteiger partial charge in [-0.2, -0.15) is 13.2 Å². The van der Waals surface area contributed by atoms with Gasteiger partial charge in [-0.25, -0.2) is 0 Å². The molecule has 0 saturated heterocycles. The highest BCUT2D eigenvalue weighted by Crippen LogP contribution is 2.35. The molecule has 1 N–H and O–H groups in total. The monoisotopic (exact) mass is 377 g/mol. The van der Waals surface area contributed by atoms with Gasteiger partial charge in [0, 0.05) is 16.3 Å². The van der Waals surface area contributed by atoms with E-state index in [2.05, 4.69) is 20.9 Å². The smallest absolute Gasteiger partial charge is 0.416 e. The van der Waals surface area contributed by atoms with Crippen molar-refractivity contribution < 1.29 is 18.3 Å². The first-order valence-electron chi connectivity index (χ1n) is 5.67. The van der Waals surface area contributed by atoms with Gasteiger partial charge in [-0.15, -0.1) is 0 Å². The van der Waals surface area contributed by atoms with E-state index in [-0.39, 0.29) is 16.5 Å². The Morgan fingerprint density at radius 2 is 1.86 bits per heavy atom. The summed E-state index contributed by atoms with van der Waals surface area (Å²) in [7, 11) is 0. The van der Waals surface area contributed by atoms with Gasteiger partial charge in [-0.3, -0.25) is 4.99 Å². The van der Waals surface area contributed by atoms with Gasteiger partial charge >= 0.3 is 6.18 Å². The molecule has 110 valence electrons. The highest BCUT2D eigenvalue weighted by atomic mass is 79.9. The second-order valence-electron chi connectivity index (χ2n) is 4.13. The van der Waals surface area contributed by atoms with Crippen molar-refractivity contribution in [3.8, 4) is 5.75 Å². The Morgan fingerprint density at radius 3 is 2.52 bits per heavy atom. The molecule has 0 heterocycles. The van der Waals surface area contributed by atoms with Crippen LogP contribution >= 0.6 is 27.5 Å². The zero-order valence-corrected chi connectivity index (χ0v) is 12.7. The van der Waals surface area contributed by atoms with Crippen molar-refractivity contribution in [2.45, 2.75) is 6.18 Å². The minimum absolute atomic E-state index is 0.0223. The van der Waals surface area contributed by atoms with E-state index in [9.17, 15) is 18.3 Å². The fourth-order valence-corrected chi connectivity index (χ4v) is 2.10. The zero-order chi connectivity index (χ0) is 15.6. The van der Waals surface area contributed by atoms with E-state index >= 15 is 0 Å². The molecule has 0 spiro atoms. The molecule has 0 unspecified atom stereocenters. The second kappa shape index (κ2) is 6.07. The number of benzene rings is 2. The minimum Gasteiger partial charge on any atom is -0.507 e. The highest BCUT2D eigenvalue weighted by Gasteiger charge is 2.30. The van der Waals surface area contributed by atoms with Crippen LogP contribution in [0.4, 0.5) is 18.9 Å². The number of halogens is 5. The first-order valence-corrected chi connectivity index (χ1v) is 6.84. The van der Waals surface area contributed by atoms with E-state index < -0.39 is 11.7 Å². The predicted molar refractivity (Wildman–Crippen MR) is 79.5 cm³/mol. The fourth-order valence-electron chi connectivity index (χ4n) is 1.56. The Morgan fingerprint density at radius 1 is 1.14 bits per heavy atom. The summed E-state index contributed by atoms with van der Waals surface area (Å²) in [5, 5.41) is 9.73. The van der Waals surface area contributed by atoms with Crippen LogP contribution in [0, 0.1) is 0 Å². The predicted octanol–water partition coefficient (Wildman–Crippen LogP) is 5.58. The third-order valence-electron chi connectivity index (χ3n) is 2.61. The zero-order valence-electron chi connectivity index (χ0n) is 10.3. The molecule has 2 nitrogen and oxygen atoms in total. The Balaban J connectivity index is 2.39. The molecular weight excluding hydrogens is 371 g/mol. The van der Waals surface area contributed by atoms with Crippen LogP contribution in [0.5, 0.6) is 5.75 Å². The topological polar surface area (TPSA) is 32.6 Å². The van der Waals surface area contributed by atoms with E-state index in [0.717, 1.165) is 18.2 Å². The first kappa shape index (κ1) is 15.9. The Bertz CT molecular complexity index is 701. The molecular formula is C14H8BrClF3NO. The van der Waals surface area contributed by atoms with Crippen molar-refractivity contribution in [1.82, 2.24) is 0 Å². The number of rotatable bonds is 2. The van der Waals surface area contributed by atoms with Crippen LogP contribution in [0.2, 0.25) is 5.02 Å². The van der Waals surface area contributed by atoms with Crippen LogP contribution in [0.1, 0.15) is 11.1 Å². The number of nitrogens with zero attached hydrogens (tertiary/aromatic N) is 1. The largest absolute Gasteiger partial charge is 0.507 e. The summed E-state index contributed by atoms with van der Waals surface area (Å²) in [6.07, 6.45) is -3.21. The number of phenols is 1. The van der Waals surface area contributed by atoms with Gasteiger partial charge in [0.25, 0.3) is 0 Å². The first-order chi connectivity index (χ1) is 9.77. The molecule has 0 aliphatic rings. The van der Waals surface area contributed by atoms with Gasteiger partial charge in [0.2, 0.25) is 0 Å². The lowest BCUT2D eigenvalue weighted by Gasteiger charge is -2.08. The van der Waals surface area contributed by atoms with Crippen molar-refractivity contribution in [3.05, 3.63) is 57.0 Å². The summed E-state index contributed by atoms with van der Waals surface area (Å²) >= 11 is 9.06. The van der Waals surface area contributed by atoms with E-state index in [0.29, 0.717) is 10.0 Å². The number of hydrogen-bond acceptors (Lipinski definition) is 2. The normalized spacial score (nSPS) is 12.0. The minimum atomic E-state index is -4.47. The lowest BCUT2D eigenvalue weighted by atomic mass is 10.2.